The van der Waals surface area contributed by atoms with E-state index in [1.54, 1.807) is 0 Å². The van der Waals surface area contributed by atoms with Crippen molar-refractivity contribution in [1.29, 1.82) is 0 Å². The predicted molar refractivity (Wildman–Crippen MR) is 125 cm³/mol. The van der Waals surface area contributed by atoms with Gasteiger partial charge in [-0.15, -0.1) is 12.6 Å². The van der Waals surface area contributed by atoms with Gasteiger partial charge in [-0.3, -0.25) is 4.79 Å². The van der Waals surface area contributed by atoms with E-state index in [0.717, 1.165) is 29.5 Å². The SMILES string of the molecule is C=C(S)C(=O)OCCCCCC(=O)NCc1cc(C(C)(C)C)c(O)c(C(C)(C)C)c1. The van der Waals surface area contributed by atoms with Crippen molar-refractivity contribution < 1.29 is 19.4 Å². The molecule has 0 saturated carbocycles. The zero-order valence-corrected chi connectivity index (χ0v) is 20.1. The van der Waals surface area contributed by atoms with Gasteiger partial charge in [0.25, 0.3) is 0 Å². The lowest BCUT2D eigenvalue weighted by atomic mass is 9.78. The molecule has 0 aliphatic carbocycles. The third kappa shape index (κ3) is 8.42. The van der Waals surface area contributed by atoms with Gasteiger partial charge >= 0.3 is 5.97 Å². The molecule has 30 heavy (non-hydrogen) atoms. The number of phenols is 1. The molecule has 0 heterocycles. The molecule has 1 amide bonds. The number of unbranched alkanes of at least 4 members (excludes halogenated alkanes) is 2. The molecule has 0 fully saturated rings. The van der Waals surface area contributed by atoms with E-state index in [2.05, 4.69) is 66.1 Å². The van der Waals surface area contributed by atoms with Crippen molar-refractivity contribution in [1.82, 2.24) is 5.32 Å². The highest BCUT2D eigenvalue weighted by Gasteiger charge is 2.26. The minimum absolute atomic E-state index is 0.0153. The van der Waals surface area contributed by atoms with E-state index in [1.807, 2.05) is 12.1 Å². The maximum atomic E-state index is 12.2. The number of ether oxygens (including phenoxy) is 1. The average molecular weight is 436 g/mol. The lowest BCUT2D eigenvalue weighted by Crippen LogP contribution is -2.24. The van der Waals surface area contributed by atoms with Crippen LogP contribution in [0.3, 0.4) is 0 Å². The van der Waals surface area contributed by atoms with E-state index in [4.69, 9.17) is 4.74 Å². The Hall–Kier alpha value is -1.95. The molecular weight excluding hydrogens is 398 g/mol. The fourth-order valence-electron chi connectivity index (χ4n) is 3.04. The van der Waals surface area contributed by atoms with Crippen LogP contribution in [0.25, 0.3) is 0 Å². The minimum atomic E-state index is -0.505. The van der Waals surface area contributed by atoms with E-state index in [-0.39, 0.29) is 21.6 Å². The van der Waals surface area contributed by atoms with E-state index in [0.29, 0.717) is 31.7 Å². The summed E-state index contributed by atoms with van der Waals surface area (Å²) in [6.45, 7) is 16.5. The first-order chi connectivity index (χ1) is 13.7. The van der Waals surface area contributed by atoms with Crippen LogP contribution in [-0.2, 0) is 31.7 Å². The summed E-state index contributed by atoms with van der Waals surface area (Å²) in [6, 6.07) is 3.96. The number of carbonyl (C=O) groups is 2. The van der Waals surface area contributed by atoms with Gasteiger partial charge in [0.1, 0.15) is 5.75 Å². The van der Waals surface area contributed by atoms with Gasteiger partial charge in [0, 0.05) is 13.0 Å². The molecule has 6 heteroatoms. The summed E-state index contributed by atoms with van der Waals surface area (Å²) in [7, 11) is 0. The molecule has 168 valence electrons. The Morgan fingerprint density at radius 3 is 2.03 bits per heavy atom. The van der Waals surface area contributed by atoms with Crippen molar-refractivity contribution in [3.05, 3.63) is 40.3 Å². The molecule has 1 aromatic rings. The number of carbonyl (C=O) groups excluding carboxylic acids is 2. The van der Waals surface area contributed by atoms with E-state index in [9.17, 15) is 14.7 Å². The summed E-state index contributed by atoms with van der Waals surface area (Å²) >= 11 is 3.83. The number of hydrogen-bond donors (Lipinski definition) is 3. The van der Waals surface area contributed by atoms with Crippen molar-refractivity contribution >= 4 is 24.5 Å². The molecule has 2 N–H and O–H groups in total. The van der Waals surface area contributed by atoms with Gasteiger partial charge in [0.05, 0.1) is 11.5 Å². The van der Waals surface area contributed by atoms with E-state index in [1.165, 1.54) is 0 Å². The Kier molecular flexibility index (Phi) is 9.47. The second-order valence-corrected chi connectivity index (χ2v) is 10.2. The van der Waals surface area contributed by atoms with E-state index >= 15 is 0 Å². The summed E-state index contributed by atoms with van der Waals surface area (Å²) in [5.74, 6) is -0.181. The zero-order chi connectivity index (χ0) is 23.1. The molecule has 1 aromatic carbocycles. The Bertz CT molecular complexity index is 737. The topological polar surface area (TPSA) is 75.6 Å². The Morgan fingerprint density at radius 2 is 1.57 bits per heavy atom. The Morgan fingerprint density at radius 1 is 1.03 bits per heavy atom. The number of benzene rings is 1. The number of esters is 1. The van der Waals surface area contributed by atoms with Gasteiger partial charge in [-0.1, -0.05) is 48.1 Å². The van der Waals surface area contributed by atoms with Crippen molar-refractivity contribution in [3.63, 3.8) is 0 Å². The first-order valence-electron chi connectivity index (χ1n) is 10.4. The maximum Gasteiger partial charge on any atom is 0.343 e. The molecule has 5 nitrogen and oxygen atoms in total. The molecule has 0 saturated heterocycles. The lowest BCUT2D eigenvalue weighted by molar-refractivity contribution is -0.138. The summed E-state index contributed by atoms with van der Waals surface area (Å²) in [5.41, 5.74) is 2.35. The van der Waals surface area contributed by atoms with Gasteiger partial charge in [0.15, 0.2) is 0 Å². The van der Waals surface area contributed by atoms with Crippen LogP contribution in [0.2, 0.25) is 0 Å². The van der Waals surface area contributed by atoms with Gasteiger partial charge < -0.3 is 15.2 Å². The zero-order valence-electron chi connectivity index (χ0n) is 19.2. The normalized spacial score (nSPS) is 11.8. The first-order valence-corrected chi connectivity index (χ1v) is 10.9. The van der Waals surface area contributed by atoms with Crippen molar-refractivity contribution in [2.75, 3.05) is 6.61 Å². The molecule has 1 rings (SSSR count). The average Bonchev–Trinajstić information content (AvgIpc) is 2.61. The third-order valence-corrected chi connectivity index (χ3v) is 4.97. The van der Waals surface area contributed by atoms with Crippen LogP contribution in [-0.4, -0.2) is 23.6 Å². The van der Waals surface area contributed by atoms with Crippen LogP contribution >= 0.6 is 12.6 Å². The van der Waals surface area contributed by atoms with Gasteiger partial charge in [-0.2, -0.15) is 0 Å². The summed E-state index contributed by atoms with van der Waals surface area (Å²) in [4.78, 5) is 23.5. The molecule has 0 aliphatic rings. The van der Waals surface area contributed by atoms with Crippen LogP contribution in [0, 0.1) is 0 Å². The third-order valence-electron chi connectivity index (χ3n) is 4.79. The van der Waals surface area contributed by atoms with Crippen molar-refractivity contribution in [3.8, 4) is 5.75 Å². The van der Waals surface area contributed by atoms with E-state index < -0.39 is 5.97 Å². The van der Waals surface area contributed by atoms with Crippen LogP contribution in [0.5, 0.6) is 5.75 Å². The van der Waals surface area contributed by atoms with Crippen LogP contribution in [0.1, 0.15) is 83.9 Å². The van der Waals surface area contributed by atoms with Gasteiger partial charge in [0.2, 0.25) is 5.91 Å². The largest absolute Gasteiger partial charge is 0.507 e. The quantitative estimate of drug-likeness (QED) is 0.217. The molecule has 0 spiro atoms. The summed E-state index contributed by atoms with van der Waals surface area (Å²) in [6.07, 6.45) is 2.63. The first kappa shape index (κ1) is 26.1. The maximum absolute atomic E-state index is 12.2. The molecule has 0 bridgehead atoms. The van der Waals surface area contributed by atoms with Crippen LogP contribution in [0.15, 0.2) is 23.6 Å². The predicted octanol–water partition coefficient (Wildman–Crippen LogP) is 5.15. The van der Waals surface area contributed by atoms with Crippen LogP contribution < -0.4 is 5.32 Å². The van der Waals surface area contributed by atoms with Gasteiger partial charge in [-0.05, 0) is 58.9 Å². The number of hydrogen-bond acceptors (Lipinski definition) is 5. The number of amides is 1. The molecule has 0 atom stereocenters. The Labute approximate surface area is 186 Å². The van der Waals surface area contributed by atoms with Crippen LogP contribution in [0.4, 0.5) is 0 Å². The van der Waals surface area contributed by atoms with Gasteiger partial charge in [-0.25, -0.2) is 4.79 Å². The Balaban J connectivity index is 2.60. The lowest BCUT2D eigenvalue weighted by Gasteiger charge is -2.28. The summed E-state index contributed by atoms with van der Waals surface area (Å²) < 4.78 is 4.97. The highest BCUT2D eigenvalue weighted by atomic mass is 32.1. The van der Waals surface area contributed by atoms with Crippen molar-refractivity contribution in [2.24, 2.45) is 0 Å². The minimum Gasteiger partial charge on any atom is -0.507 e. The number of thiol groups is 1. The number of nitrogens with one attached hydrogen (secondary N) is 1. The van der Waals surface area contributed by atoms with Crippen molar-refractivity contribution in [2.45, 2.75) is 84.6 Å². The molecule has 0 aliphatic heterocycles. The second-order valence-electron chi connectivity index (χ2n) is 9.71. The number of phenolic OH excluding ortho intramolecular Hbond substituents is 1. The highest BCUT2D eigenvalue weighted by molar-refractivity contribution is 7.85. The molecular formula is C24H37NO4S. The monoisotopic (exact) mass is 435 g/mol. The molecule has 0 unspecified atom stereocenters. The molecule has 0 aromatic heterocycles. The molecule has 0 radical (unpaired) electrons. The fraction of sp³-hybridized carbons (Fsp3) is 0.583. The summed E-state index contributed by atoms with van der Waals surface area (Å²) in [5, 5.41) is 13.8. The second kappa shape index (κ2) is 10.9. The number of aromatic hydroxyl groups is 1. The number of rotatable bonds is 9. The highest BCUT2D eigenvalue weighted by Crippen LogP contribution is 2.39. The fourth-order valence-corrected chi connectivity index (χ4v) is 3.11. The smallest absolute Gasteiger partial charge is 0.343 e. The standard InChI is InChI=1S/C24H37NO4S/c1-16(30)22(28)29-12-10-8-9-11-20(26)25-15-17-13-18(23(2,3)4)21(27)19(14-17)24(5,6)7/h13-14,27,30H,1,8-12,15H2,2-7H3,(H,25,26).